The lowest BCUT2D eigenvalue weighted by molar-refractivity contribution is -0.237. The van der Waals surface area contributed by atoms with Crippen LogP contribution in [0.3, 0.4) is 0 Å². The number of nitrogens with zero attached hydrogens (tertiary/aromatic N) is 1. The average Bonchev–Trinajstić information content (AvgIpc) is 2.91. The Hall–Kier alpha value is -2.85. The van der Waals surface area contributed by atoms with Gasteiger partial charge in [-0.3, -0.25) is 9.69 Å². The van der Waals surface area contributed by atoms with E-state index in [4.69, 9.17) is 9.47 Å². The minimum atomic E-state index is -1.01. The Morgan fingerprint density at radius 3 is 2.39 bits per heavy atom. The molecule has 2 aliphatic rings. The summed E-state index contributed by atoms with van der Waals surface area (Å²) in [6.07, 6.45) is 1.15. The van der Waals surface area contributed by atoms with Gasteiger partial charge in [-0.25, -0.2) is 0 Å². The highest BCUT2D eigenvalue weighted by atomic mass is 16.7. The topological polar surface area (TPSA) is 140 Å². The molecule has 2 fully saturated rings. The lowest BCUT2D eigenvalue weighted by atomic mass is 9.86. The molecule has 208 valence electrons. The molecule has 2 aromatic rings. The number of rotatable bonds is 9. The molecule has 5 N–H and O–H groups in total. The second kappa shape index (κ2) is 12.3. The fraction of sp³-hybridized carbons (Fsp3) is 0.552. The molecule has 0 aromatic heterocycles. The van der Waals surface area contributed by atoms with Crippen molar-refractivity contribution >= 4 is 5.78 Å². The molecule has 3 unspecified atom stereocenters. The molecule has 0 aliphatic carbocycles. The number of Topliss-reactive ketones (excluding diaryl/α,β-unsaturated/α-hetero) is 1. The van der Waals surface area contributed by atoms with Crippen LogP contribution in [0.5, 0.6) is 23.0 Å². The summed E-state index contributed by atoms with van der Waals surface area (Å²) in [5.41, 5.74) is 1.07. The number of hydrogen-bond donors (Lipinski definition) is 5. The van der Waals surface area contributed by atoms with E-state index in [9.17, 15) is 30.3 Å². The first-order chi connectivity index (χ1) is 18.2. The van der Waals surface area contributed by atoms with E-state index in [0.29, 0.717) is 13.0 Å². The van der Waals surface area contributed by atoms with Crippen molar-refractivity contribution in [3.63, 3.8) is 0 Å². The van der Waals surface area contributed by atoms with Crippen LogP contribution in [0.25, 0.3) is 0 Å². The van der Waals surface area contributed by atoms with Crippen molar-refractivity contribution in [2.45, 2.75) is 71.0 Å². The Bertz CT molecular complexity index is 1100. The van der Waals surface area contributed by atoms with E-state index in [-0.39, 0.29) is 58.9 Å². The van der Waals surface area contributed by atoms with Crippen molar-refractivity contribution < 1.29 is 39.8 Å². The number of carbonyl (C=O) groups excluding carboxylic acids is 1. The van der Waals surface area contributed by atoms with Crippen molar-refractivity contribution in [1.29, 1.82) is 0 Å². The third kappa shape index (κ3) is 6.23. The summed E-state index contributed by atoms with van der Waals surface area (Å²) in [5.74, 6) is -1.60. The van der Waals surface area contributed by atoms with Gasteiger partial charge in [-0.15, -0.1) is 0 Å². The van der Waals surface area contributed by atoms with Gasteiger partial charge in [0.25, 0.3) is 0 Å². The number of aliphatic hydroxyl groups is 2. The number of benzene rings is 2. The maximum absolute atomic E-state index is 13.5. The first-order valence-corrected chi connectivity index (χ1v) is 13.4. The van der Waals surface area contributed by atoms with Gasteiger partial charge in [-0.2, -0.15) is 0 Å². The van der Waals surface area contributed by atoms with Crippen LogP contribution in [0, 0.1) is 11.8 Å². The highest BCUT2D eigenvalue weighted by molar-refractivity contribution is 6.02. The van der Waals surface area contributed by atoms with Crippen LogP contribution < -0.4 is 4.74 Å². The Morgan fingerprint density at radius 1 is 1.05 bits per heavy atom. The Balaban J connectivity index is 1.65. The fourth-order valence-electron chi connectivity index (χ4n) is 5.33. The van der Waals surface area contributed by atoms with Crippen LogP contribution in [0.2, 0.25) is 0 Å². The number of ketones is 1. The van der Waals surface area contributed by atoms with Gasteiger partial charge in [-0.1, -0.05) is 32.4 Å². The lowest BCUT2D eigenvalue weighted by Crippen LogP contribution is -2.52. The van der Waals surface area contributed by atoms with Crippen LogP contribution in [-0.2, 0) is 17.7 Å². The molecular formula is C29H39NO8. The Kier molecular flexibility index (Phi) is 9.15. The summed E-state index contributed by atoms with van der Waals surface area (Å²) in [6.45, 7) is 5.20. The van der Waals surface area contributed by atoms with Gasteiger partial charge < -0.3 is 35.0 Å². The predicted molar refractivity (Wildman–Crippen MR) is 140 cm³/mol. The molecule has 9 heteroatoms. The number of aromatic hydroxyl groups is 3. The van der Waals surface area contributed by atoms with Gasteiger partial charge in [0.05, 0.1) is 24.4 Å². The number of hydrogen-bond acceptors (Lipinski definition) is 9. The molecule has 0 radical (unpaired) electrons. The van der Waals surface area contributed by atoms with E-state index in [2.05, 4.69) is 4.90 Å². The normalized spacial score (nSPS) is 26.3. The molecule has 4 rings (SSSR count). The van der Waals surface area contributed by atoms with Crippen molar-refractivity contribution in [3.8, 4) is 23.0 Å². The Labute approximate surface area is 223 Å². The summed E-state index contributed by atoms with van der Waals surface area (Å²) < 4.78 is 12.0. The maximum atomic E-state index is 13.5. The van der Waals surface area contributed by atoms with E-state index in [1.165, 1.54) is 6.07 Å². The molecule has 9 nitrogen and oxygen atoms in total. The quantitative estimate of drug-likeness (QED) is 0.309. The number of phenolic OH excluding ortho intramolecular Hbond substituents is 3. The number of piperidine rings is 1. The number of likely N-dealkylation sites (tertiary alicyclic amines) is 1. The molecule has 0 amide bonds. The molecule has 0 spiro atoms. The zero-order valence-corrected chi connectivity index (χ0v) is 22.0. The predicted octanol–water partition coefficient (Wildman–Crippen LogP) is 3.33. The SMILES string of the molecule is C[C@@H]1C(CO)OC(Oc2cc(O)c(CN3CCCCC3)c(O)c2C(=O)CCc2ccc(O)cc2)[C@H](C)C1O. The molecule has 2 aliphatic heterocycles. The van der Waals surface area contributed by atoms with Gasteiger partial charge in [0, 0.05) is 30.9 Å². The maximum Gasteiger partial charge on any atom is 0.205 e. The first kappa shape index (κ1) is 28.2. The molecule has 0 bridgehead atoms. The number of ether oxygens (including phenoxy) is 2. The fourth-order valence-corrected chi connectivity index (χ4v) is 5.33. The van der Waals surface area contributed by atoms with E-state index >= 15 is 0 Å². The summed E-state index contributed by atoms with van der Waals surface area (Å²) in [6, 6.07) is 7.89. The number of phenols is 3. The minimum absolute atomic E-state index is 0.0339. The van der Waals surface area contributed by atoms with Crippen LogP contribution in [-0.4, -0.2) is 74.4 Å². The van der Waals surface area contributed by atoms with Crippen LogP contribution in [0.15, 0.2) is 30.3 Å². The van der Waals surface area contributed by atoms with E-state index in [1.54, 1.807) is 38.1 Å². The Morgan fingerprint density at radius 2 is 1.74 bits per heavy atom. The largest absolute Gasteiger partial charge is 0.508 e. The highest BCUT2D eigenvalue weighted by Crippen LogP contribution is 2.42. The second-order valence-electron chi connectivity index (χ2n) is 10.6. The molecule has 2 aromatic carbocycles. The van der Waals surface area contributed by atoms with E-state index in [0.717, 1.165) is 37.9 Å². The molecular weight excluding hydrogens is 490 g/mol. The molecule has 0 saturated carbocycles. The molecule has 2 heterocycles. The van der Waals surface area contributed by atoms with E-state index < -0.39 is 24.4 Å². The zero-order chi connectivity index (χ0) is 27.4. The van der Waals surface area contributed by atoms with Crippen molar-refractivity contribution in [2.24, 2.45) is 11.8 Å². The van der Waals surface area contributed by atoms with Crippen molar-refractivity contribution in [3.05, 3.63) is 47.0 Å². The van der Waals surface area contributed by atoms with E-state index in [1.807, 2.05) is 0 Å². The highest BCUT2D eigenvalue weighted by Gasteiger charge is 2.42. The third-order valence-corrected chi connectivity index (χ3v) is 7.86. The van der Waals surface area contributed by atoms with Gasteiger partial charge in [0.15, 0.2) is 5.78 Å². The summed E-state index contributed by atoms with van der Waals surface area (Å²) >= 11 is 0. The van der Waals surface area contributed by atoms with Gasteiger partial charge in [0.1, 0.15) is 28.6 Å². The monoisotopic (exact) mass is 529 g/mol. The first-order valence-electron chi connectivity index (χ1n) is 13.4. The summed E-state index contributed by atoms with van der Waals surface area (Å²) in [5, 5.41) is 52.2. The van der Waals surface area contributed by atoms with Gasteiger partial charge in [-0.05, 0) is 50.0 Å². The van der Waals surface area contributed by atoms with Gasteiger partial charge in [0.2, 0.25) is 6.29 Å². The minimum Gasteiger partial charge on any atom is -0.508 e. The summed E-state index contributed by atoms with van der Waals surface area (Å²) in [7, 11) is 0. The smallest absolute Gasteiger partial charge is 0.205 e. The zero-order valence-electron chi connectivity index (χ0n) is 22.0. The third-order valence-electron chi connectivity index (χ3n) is 7.86. The molecule has 5 atom stereocenters. The van der Waals surface area contributed by atoms with Crippen LogP contribution in [0.1, 0.15) is 61.0 Å². The van der Waals surface area contributed by atoms with Crippen LogP contribution in [0.4, 0.5) is 0 Å². The second-order valence-corrected chi connectivity index (χ2v) is 10.6. The number of carbonyl (C=O) groups is 1. The van der Waals surface area contributed by atoms with Crippen LogP contribution >= 0.6 is 0 Å². The number of aliphatic hydroxyl groups excluding tert-OH is 2. The number of aryl methyl sites for hydroxylation is 1. The van der Waals surface area contributed by atoms with Gasteiger partial charge >= 0.3 is 0 Å². The standard InChI is InChI=1S/C29H39NO8/c1-17-25(16-31)38-29(18(2)27(17)35)37-24-14-23(34)21(15-30-12-4-3-5-13-30)28(36)26(24)22(33)11-8-19-6-9-20(32)10-7-19/h6-7,9-10,14,17-18,25,27,29,31-32,34-36H,3-5,8,11-13,15-16H2,1-2H3/t17-,18-,25?,27?,29?/m1/s1. The summed E-state index contributed by atoms with van der Waals surface area (Å²) in [4.78, 5) is 15.7. The van der Waals surface area contributed by atoms with Crippen molar-refractivity contribution in [2.75, 3.05) is 19.7 Å². The molecule has 2 saturated heterocycles. The molecule has 38 heavy (non-hydrogen) atoms. The van der Waals surface area contributed by atoms with Crippen molar-refractivity contribution in [1.82, 2.24) is 4.90 Å². The lowest BCUT2D eigenvalue weighted by Gasteiger charge is -2.41. The average molecular weight is 530 g/mol.